The Bertz CT molecular complexity index is 1280. The van der Waals surface area contributed by atoms with E-state index in [0.29, 0.717) is 24.9 Å². The van der Waals surface area contributed by atoms with Crippen LogP contribution in [-0.4, -0.2) is 29.0 Å². The molecule has 1 saturated carbocycles. The molecular weight excluding hydrogens is 494 g/mol. The lowest BCUT2D eigenvalue weighted by Crippen LogP contribution is -2.34. The highest BCUT2D eigenvalue weighted by Crippen LogP contribution is 2.49. The average Bonchev–Trinajstić information content (AvgIpc) is 3.58. The molecule has 1 spiro atoms. The summed E-state index contributed by atoms with van der Waals surface area (Å²) < 4.78 is 17.8. The quantitative estimate of drug-likeness (QED) is 0.283. The summed E-state index contributed by atoms with van der Waals surface area (Å²) in [4.78, 5) is 11.3. The maximum atomic E-state index is 6.35. The van der Waals surface area contributed by atoms with E-state index in [0.717, 1.165) is 58.5 Å². The SMILES string of the molecule is CC.CCC.Nc1ncnc2c(C3CCC4(CC3)OCCO4)sc(-c3ccc(Oc4ccccc4)cc3)c12. The smallest absolute Gasteiger partial charge is 0.168 e. The van der Waals surface area contributed by atoms with Gasteiger partial charge < -0.3 is 19.9 Å². The normalized spacial score (nSPS) is 16.4. The van der Waals surface area contributed by atoms with E-state index in [4.69, 9.17) is 19.9 Å². The first-order valence-electron chi connectivity index (χ1n) is 13.8. The standard InChI is InChI=1S/C26H25N3O3S.C3H8.C2H6/c27-25-21-22(28-16-29-25)24(18-10-12-26(13-11-18)30-14-15-31-26)33-23(21)17-6-8-20(9-7-17)32-19-4-2-1-3-5-19;1-3-2;1-2/h1-9,16,18H,10-15H2,(H2,27,28,29);3H2,1-2H3;1-2H3. The first-order chi connectivity index (χ1) is 18.6. The summed E-state index contributed by atoms with van der Waals surface area (Å²) in [6, 6.07) is 17.9. The molecule has 2 N–H and O–H groups in total. The van der Waals surface area contributed by atoms with Crippen LogP contribution in [0, 0.1) is 0 Å². The van der Waals surface area contributed by atoms with Crippen LogP contribution < -0.4 is 10.5 Å². The van der Waals surface area contributed by atoms with Crippen molar-refractivity contribution < 1.29 is 14.2 Å². The van der Waals surface area contributed by atoms with Crippen molar-refractivity contribution in [2.75, 3.05) is 18.9 Å². The summed E-state index contributed by atoms with van der Waals surface area (Å²) >= 11 is 1.78. The van der Waals surface area contributed by atoms with Crippen LogP contribution in [0.3, 0.4) is 0 Å². The third-order valence-electron chi connectivity index (χ3n) is 6.58. The molecule has 202 valence electrons. The van der Waals surface area contributed by atoms with Crippen LogP contribution in [-0.2, 0) is 9.47 Å². The van der Waals surface area contributed by atoms with E-state index in [-0.39, 0.29) is 5.79 Å². The Hall–Kier alpha value is -3.00. The minimum Gasteiger partial charge on any atom is -0.457 e. The van der Waals surface area contributed by atoms with Crippen molar-refractivity contribution in [2.45, 2.75) is 71.5 Å². The van der Waals surface area contributed by atoms with Crippen LogP contribution in [0.15, 0.2) is 60.9 Å². The number of aromatic nitrogens is 2. The van der Waals surface area contributed by atoms with Gasteiger partial charge in [0.15, 0.2) is 5.79 Å². The molecule has 1 aliphatic heterocycles. The third-order valence-corrected chi connectivity index (χ3v) is 7.97. The van der Waals surface area contributed by atoms with Crippen LogP contribution >= 0.6 is 11.3 Å². The highest BCUT2D eigenvalue weighted by Gasteiger charge is 2.41. The van der Waals surface area contributed by atoms with Crippen molar-refractivity contribution in [1.29, 1.82) is 0 Å². The maximum absolute atomic E-state index is 6.35. The summed E-state index contributed by atoms with van der Waals surface area (Å²) in [5.41, 5.74) is 8.42. The summed E-state index contributed by atoms with van der Waals surface area (Å²) in [5, 5.41) is 0.947. The first-order valence-corrected chi connectivity index (χ1v) is 14.6. The lowest BCUT2D eigenvalue weighted by molar-refractivity contribution is -0.178. The second-order valence-corrected chi connectivity index (χ2v) is 10.4. The van der Waals surface area contributed by atoms with Gasteiger partial charge in [0.05, 0.1) is 24.1 Å². The molecule has 2 aromatic heterocycles. The van der Waals surface area contributed by atoms with Gasteiger partial charge in [0.1, 0.15) is 23.6 Å². The summed E-state index contributed by atoms with van der Waals surface area (Å²) in [6.45, 7) is 9.65. The summed E-state index contributed by atoms with van der Waals surface area (Å²) in [6.07, 6.45) is 6.69. The number of ether oxygens (including phenoxy) is 3. The number of nitrogen functional groups attached to an aromatic ring is 1. The predicted octanol–water partition coefficient (Wildman–Crippen LogP) is 8.58. The van der Waals surface area contributed by atoms with Gasteiger partial charge in [0, 0.05) is 22.6 Å². The number of hydrogen-bond donors (Lipinski definition) is 1. The molecule has 3 heterocycles. The largest absolute Gasteiger partial charge is 0.457 e. The zero-order valence-electron chi connectivity index (χ0n) is 22.9. The lowest BCUT2D eigenvalue weighted by Gasteiger charge is -2.35. The van der Waals surface area contributed by atoms with Gasteiger partial charge in [-0.15, -0.1) is 11.3 Å². The molecule has 7 heteroatoms. The molecule has 38 heavy (non-hydrogen) atoms. The molecule has 4 aromatic rings. The highest BCUT2D eigenvalue weighted by atomic mass is 32.1. The number of para-hydroxylation sites is 1. The van der Waals surface area contributed by atoms with Crippen molar-refractivity contribution in [2.24, 2.45) is 0 Å². The number of rotatable bonds is 4. The number of anilines is 1. The van der Waals surface area contributed by atoms with Gasteiger partial charge in [-0.3, -0.25) is 0 Å². The Morgan fingerprint density at radius 3 is 2.16 bits per heavy atom. The topological polar surface area (TPSA) is 79.5 Å². The van der Waals surface area contributed by atoms with Gasteiger partial charge in [0.25, 0.3) is 0 Å². The average molecular weight is 534 g/mol. The molecule has 2 aromatic carbocycles. The fourth-order valence-electron chi connectivity index (χ4n) is 4.90. The molecule has 2 aliphatic rings. The molecule has 1 saturated heterocycles. The van der Waals surface area contributed by atoms with Gasteiger partial charge >= 0.3 is 0 Å². The van der Waals surface area contributed by atoms with Crippen LogP contribution in [0.4, 0.5) is 5.82 Å². The van der Waals surface area contributed by atoms with Crippen LogP contribution in [0.25, 0.3) is 21.3 Å². The monoisotopic (exact) mass is 533 g/mol. The van der Waals surface area contributed by atoms with Gasteiger partial charge in [-0.1, -0.05) is 52.3 Å². The Labute approximate surface area is 230 Å². The van der Waals surface area contributed by atoms with Gasteiger partial charge in [-0.2, -0.15) is 0 Å². The molecule has 0 amide bonds. The predicted molar refractivity (Wildman–Crippen MR) is 157 cm³/mol. The van der Waals surface area contributed by atoms with Gasteiger partial charge in [-0.05, 0) is 60.7 Å². The van der Waals surface area contributed by atoms with Gasteiger partial charge in [0.2, 0.25) is 0 Å². The van der Waals surface area contributed by atoms with Crippen LogP contribution in [0.5, 0.6) is 11.5 Å². The second-order valence-electron chi connectivity index (χ2n) is 9.31. The van der Waals surface area contributed by atoms with Crippen molar-refractivity contribution in [1.82, 2.24) is 9.97 Å². The fourth-order valence-corrected chi connectivity index (χ4v) is 6.33. The lowest BCUT2D eigenvalue weighted by atomic mass is 9.84. The van der Waals surface area contributed by atoms with E-state index in [9.17, 15) is 0 Å². The molecule has 0 radical (unpaired) electrons. The molecule has 0 bridgehead atoms. The Kier molecular flexibility index (Phi) is 9.72. The van der Waals surface area contributed by atoms with E-state index < -0.39 is 0 Å². The third kappa shape index (κ3) is 6.17. The minimum absolute atomic E-state index is 0.366. The van der Waals surface area contributed by atoms with Crippen molar-refractivity contribution in [3.8, 4) is 21.9 Å². The first kappa shape index (κ1) is 28.0. The summed E-state index contributed by atoms with van der Waals surface area (Å²) in [5.74, 6) is 2.19. The Balaban J connectivity index is 0.000000630. The number of nitrogens with zero attached hydrogens (tertiary/aromatic N) is 2. The van der Waals surface area contributed by atoms with E-state index in [2.05, 4.69) is 35.9 Å². The van der Waals surface area contributed by atoms with E-state index in [1.54, 1.807) is 17.7 Å². The van der Waals surface area contributed by atoms with Crippen molar-refractivity contribution >= 4 is 28.1 Å². The van der Waals surface area contributed by atoms with Crippen LogP contribution in [0.2, 0.25) is 0 Å². The highest BCUT2D eigenvalue weighted by molar-refractivity contribution is 7.17. The molecule has 6 rings (SSSR count). The minimum atomic E-state index is -0.366. The fraction of sp³-hybridized carbons (Fsp3) is 0.419. The van der Waals surface area contributed by atoms with E-state index >= 15 is 0 Å². The molecule has 6 nitrogen and oxygen atoms in total. The number of nitrogens with two attached hydrogens (primary N) is 1. The Morgan fingerprint density at radius 1 is 0.921 bits per heavy atom. The molecule has 2 fully saturated rings. The number of fused-ring (bicyclic) bond motifs is 1. The maximum Gasteiger partial charge on any atom is 0.168 e. The number of benzene rings is 2. The zero-order chi connectivity index (χ0) is 27.0. The molecule has 0 atom stereocenters. The van der Waals surface area contributed by atoms with Crippen LogP contribution in [0.1, 0.15) is 70.6 Å². The van der Waals surface area contributed by atoms with Crippen molar-refractivity contribution in [3.05, 3.63) is 65.8 Å². The number of hydrogen-bond acceptors (Lipinski definition) is 7. The molecule has 1 aliphatic carbocycles. The van der Waals surface area contributed by atoms with Gasteiger partial charge in [-0.25, -0.2) is 9.97 Å². The molecular formula is C31H39N3O3S. The van der Waals surface area contributed by atoms with E-state index in [1.165, 1.54) is 11.3 Å². The van der Waals surface area contributed by atoms with Crippen molar-refractivity contribution in [3.63, 3.8) is 0 Å². The summed E-state index contributed by atoms with van der Waals surface area (Å²) in [7, 11) is 0. The number of thiophene rings is 1. The van der Waals surface area contributed by atoms with E-state index in [1.807, 2.05) is 56.3 Å². The zero-order valence-corrected chi connectivity index (χ0v) is 23.7. The second kappa shape index (κ2) is 13.2. The Morgan fingerprint density at radius 2 is 1.53 bits per heavy atom. The molecule has 0 unspecified atom stereocenters.